The molecule has 0 aliphatic heterocycles. The number of anilines is 1. The van der Waals surface area contributed by atoms with Gasteiger partial charge in [0.25, 0.3) is 11.6 Å². The number of carbonyl (C=O) groups excluding carboxylic acids is 1. The van der Waals surface area contributed by atoms with Crippen LogP contribution in [0.15, 0.2) is 67.0 Å². The topological polar surface area (TPSA) is 125 Å². The van der Waals surface area contributed by atoms with Crippen molar-refractivity contribution < 1.29 is 14.5 Å². The third kappa shape index (κ3) is 4.59. The van der Waals surface area contributed by atoms with Crippen LogP contribution in [0.3, 0.4) is 0 Å². The number of benzene rings is 2. The van der Waals surface area contributed by atoms with Gasteiger partial charge in [0.2, 0.25) is 5.88 Å². The van der Waals surface area contributed by atoms with E-state index in [1.165, 1.54) is 24.3 Å². The third-order valence-corrected chi connectivity index (χ3v) is 4.53. The number of nitro benzene ring substituents is 1. The van der Waals surface area contributed by atoms with Gasteiger partial charge in [-0.05, 0) is 44.2 Å². The molecule has 2 heterocycles. The van der Waals surface area contributed by atoms with E-state index >= 15 is 0 Å². The van der Waals surface area contributed by atoms with Gasteiger partial charge >= 0.3 is 0 Å². The maximum Gasteiger partial charge on any atom is 0.270 e. The summed E-state index contributed by atoms with van der Waals surface area (Å²) in [5, 5.41) is 13.6. The first-order valence-electron chi connectivity index (χ1n) is 9.59. The average Bonchev–Trinajstić information content (AvgIpc) is 3.20. The van der Waals surface area contributed by atoms with Gasteiger partial charge in [0.05, 0.1) is 4.92 Å². The highest BCUT2D eigenvalue weighted by Crippen LogP contribution is 2.24. The van der Waals surface area contributed by atoms with E-state index in [4.69, 9.17) is 4.74 Å². The Bertz CT molecular complexity index is 1300. The smallest absolute Gasteiger partial charge is 0.270 e. The Morgan fingerprint density at radius 3 is 2.56 bits per heavy atom. The molecule has 1 amide bonds. The number of aryl methyl sites for hydroxylation is 2. The SMILES string of the molecule is Cc1nc(Oc2ccc(NC(=O)c3cccc([N+](=O)[O-])c3)cc2)cc(-n2ccnc2C)n1. The van der Waals surface area contributed by atoms with Crippen LogP contribution < -0.4 is 10.1 Å². The van der Waals surface area contributed by atoms with Crippen LogP contribution in [-0.4, -0.2) is 30.3 Å². The van der Waals surface area contributed by atoms with Crippen LogP contribution in [0, 0.1) is 24.0 Å². The van der Waals surface area contributed by atoms with Crippen molar-refractivity contribution >= 4 is 17.3 Å². The third-order valence-electron chi connectivity index (χ3n) is 4.53. The van der Waals surface area contributed by atoms with Gasteiger partial charge in [-0.25, -0.2) is 9.97 Å². The van der Waals surface area contributed by atoms with Crippen LogP contribution in [0.25, 0.3) is 5.82 Å². The van der Waals surface area contributed by atoms with Gasteiger partial charge in [-0.1, -0.05) is 6.07 Å². The van der Waals surface area contributed by atoms with Gasteiger partial charge < -0.3 is 10.1 Å². The van der Waals surface area contributed by atoms with Crippen LogP contribution in [0.1, 0.15) is 22.0 Å². The summed E-state index contributed by atoms with van der Waals surface area (Å²) >= 11 is 0. The number of hydrogen-bond donors (Lipinski definition) is 1. The maximum absolute atomic E-state index is 12.4. The van der Waals surface area contributed by atoms with Gasteiger partial charge in [0.15, 0.2) is 0 Å². The Balaban J connectivity index is 1.47. The van der Waals surface area contributed by atoms with Crippen molar-refractivity contribution in [1.29, 1.82) is 0 Å². The number of non-ortho nitro benzene ring substituents is 1. The summed E-state index contributed by atoms with van der Waals surface area (Å²) in [6, 6.07) is 13.9. The van der Waals surface area contributed by atoms with Crippen molar-refractivity contribution in [3.05, 3.63) is 94.3 Å². The number of nitrogens with one attached hydrogen (secondary N) is 1. The molecule has 4 rings (SSSR count). The Morgan fingerprint density at radius 2 is 1.88 bits per heavy atom. The van der Waals surface area contributed by atoms with Crippen LogP contribution in [-0.2, 0) is 0 Å². The average molecular weight is 430 g/mol. The van der Waals surface area contributed by atoms with Crippen molar-refractivity contribution in [2.45, 2.75) is 13.8 Å². The molecule has 4 aromatic rings. The fraction of sp³-hybridized carbons (Fsp3) is 0.0909. The van der Waals surface area contributed by atoms with E-state index in [-0.39, 0.29) is 11.3 Å². The summed E-state index contributed by atoms with van der Waals surface area (Å²) in [6.07, 6.45) is 3.49. The molecule has 10 heteroatoms. The van der Waals surface area contributed by atoms with Crippen molar-refractivity contribution in [3.8, 4) is 17.4 Å². The van der Waals surface area contributed by atoms with E-state index in [9.17, 15) is 14.9 Å². The Labute approximate surface area is 182 Å². The molecule has 2 aromatic carbocycles. The van der Waals surface area contributed by atoms with E-state index in [0.717, 1.165) is 5.82 Å². The lowest BCUT2D eigenvalue weighted by Gasteiger charge is -2.10. The van der Waals surface area contributed by atoms with E-state index in [0.29, 0.717) is 29.0 Å². The number of imidazole rings is 1. The van der Waals surface area contributed by atoms with E-state index < -0.39 is 10.8 Å². The van der Waals surface area contributed by atoms with Gasteiger partial charge in [0.1, 0.15) is 23.2 Å². The molecular formula is C22H18N6O4. The van der Waals surface area contributed by atoms with Crippen molar-refractivity contribution in [2.24, 2.45) is 0 Å². The monoisotopic (exact) mass is 430 g/mol. The predicted molar refractivity (Wildman–Crippen MR) is 116 cm³/mol. The summed E-state index contributed by atoms with van der Waals surface area (Å²) in [6.45, 7) is 3.65. The minimum absolute atomic E-state index is 0.146. The van der Waals surface area contributed by atoms with Gasteiger partial charge in [-0.2, -0.15) is 4.98 Å². The summed E-state index contributed by atoms with van der Waals surface area (Å²) in [5.41, 5.74) is 0.563. The Kier molecular flexibility index (Phi) is 5.58. The molecule has 0 aliphatic rings. The first-order chi connectivity index (χ1) is 15.4. The highest BCUT2D eigenvalue weighted by Gasteiger charge is 2.12. The second-order valence-electron chi connectivity index (χ2n) is 6.84. The summed E-state index contributed by atoms with van der Waals surface area (Å²) in [5.74, 6) is 2.42. The van der Waals surface area contributed by atoms with Gasteiger partial charge in [0, 0.05) is 41.8 Å². The molecule has 0 saturated heterocycles. The molecule has 1 N–H and O–H groups in total. The zero-order valence-corrected chi connectivity index (χ0v) is 17.2. The summed E-state index contributed by atoms with van der Waals surface area (Å²) in [7, 11) is 0. The normalized spacial score (nSPS) is 10.6. The first-order valence-corrected chi connectivity index (χ1v) is 9.59. The second kappa shape index (κ2) is 8.64. The van der Waals surface area contributed by atoms with Crippen LogP contribution in [0.2, 0.25) is 0 Å². The van der Waals surface area contributed by atoms with Crippen molar-refractivity contribution in [3.63, 3.8) is 0 Å². The van der Waals surface area contributed by atoms with Gasteiger partial charge in [-0.15, -0.1) is 0 Å². The number of nitro groups is 1. The molecule has 0 radical (unpaired) electrons. The second-order valence-corrected chi connectivity index (χ2v) is 6.84. The van der Waals surface area contributed by atoms with E-state index in [2.05, 4.69) is 20.3 Å². The zero-order valence-electron chi connectivity index (χ0n) is 17.2. The van der Waals surface area contributed by atoms with Crippen molar-refractivity contribution in [2.75, 3.05) is 5.32 Å². The standard InChI is InChI=1S/C22H18N6O4/c1-14-24-20(27-11-10-23-15(27)2)13-21(25-14)32-19-8-6-17(7-9-19)26-22(29)16-4-3-5-18(12-16)28(30)31/h3-13H,1-2H3,(H,26,29). The lowest BCUT2D eigenvalue weighted by Crippen LogP contribution is -2.12. The van der Waals surface area contributed by atoms with Crippen LogP contribution in [0.4, 0.5) is 11.4 Å². The fourth-order valence-electron chi connectivity index (χ4n) is 3.01. The molecule has 0 spiro atoms. The lowest BCUT2D eigenvalue weighted by atomic mass is 10.2. The van der Waals surface area contributed by atoms with Crippen LogP contribution >= 0.6 is 0 Å². The largest absolute Gasteiger partial charge is 0.439 e. The number of ether oxygens (including phenoxy) is 1. The van der Waals surface area contributed by atoms with E-state index in [1.807, 2.05) is 11.5 Å². The highest BCUT2D eigenvalue weighted by atomic mass is 16.6. The van der Waals surface area contributed by atoms with Gasteiger partial charge in [-0.3, -0.25) is 19.5 Å². The highest BCUT2D eigenvalue weighted by molar-refractivity contribution is 6.04. The molecule has 0 fully saturated rings. The summed E-state index contributed by atoms with van der Waals surface area (Å²) in [4.78, 5) is 35.7. The first kappa shape index (κ1) is 20.7. The van der Waals surface area contributed by atoms with Crippen LogP contribution in [0.5, 0.6) is 11.6 Å². The molecule has 0 unspecified atom stereocenters. The molecule has 32 heavy (non-hydrogen) atoms. The molecule has 2 aromatic heterocycles. The number of rotatable bonds is 6. The molecule has 10 nitrogen and oxygen atoms in total. The molecule has 0 aliphatic carbocycles. The number of amides is 1. The fourth-order valence-corrected chi connectivity index (χ4v) is 3.01. The Morgan fingerprint density at radius 1 is 1.09 bits per heavy atom. The van der Waals surface area contributed by atoms with Crippen molar-refractivity contribution in [1.82, 2.24) is 19.5 Å². The number of nitrogens with zero attached hydrogens (tertiary/aromatic N) is 5. The molecular weight excluding hydrogens is 412 g/mol. The molecule has 0 atom stereocenters. The Hall–Kier alpha value is -4.60. The zero-order chi connectivity index (χ0) is 22.7. The molecule has 160 valence electrons. The number of hydrogen-bond acceptors (Lipinski definition) is 7. The molecule has 0 saturated carbocycles. The maximum atomic E-state index is 12.4. The molecule has 0 bridgehead atoms. The summed E-state index contributed by atoms with van der Waals surface area (Å²) < 4.78 is 7.68. The number of carbonyl (C=O) groups is 1. The predicted octanol–water partition coefficient (Wildman–Crippen LogP) is 4.23. The minimum Gasteiger partial charge on any atom is -0.439 e. The van der Waals surface area contributed by atoms with E-state index in [1.54, 1.807) is 49.6 Å². The minimum atomic E-state index is -0.544. The lowest BCUT2D eigenvalue weighted by molar-refractivity contribution is -0.384. The quantitative estimate of drug-likeness (QED) is 0.358. The number of aromatic nitrogens is 4.